The van der Waals surface area contributed by atoms with Crippen molar-refractivity contribution in [3.63, 3.8) is 0 Å². The molecule has 0 aromatic carbocycles. The highest BCUT2D eigenvalue weighted by Gasteiger charge is 2.59. The largest absolute Gasteiger partial charge is 0.433 e. The summed E-state index contributed by atoms with van der Waals surface area (Å²) in [6, 6.07) is 4.13. The quantitative estimate of drug-likeness (QED) is 0.722. The van der Waals surface area contributed by atoms with Crippen LogP contribution >= 0.6 is 0 Å². The first-order valence-corrected chi connectivity index (χ1v) is 11.1. The molecule has 3 heterocycles. The Hall–Kier alpha value is -2.00. The lowest BCUT2D eigenvalue weighted by molar-refractivity contribution is -0.141. The summed E-state index contributed by atoms with van der Waals surface area (Å²) in [5, 5.41) is 4.64. The van der Waals surface area contributed by atoms with E-state index in [-0.39, 0.29) is 11.7 Å². The lowest BCUT2D eigenvalue weighted by Gasteiger charge is -2.38. The van der Waals surface area contributed by atoms with Crippen molar-refractivity contribution in [2.75, 3.05) is 19.8 Å². The molecule has 1 aliphatic heterocycles. The lowest BCUT2D eigenvalue weighted by atomic mass is 10.0. The molecule has 3 aliphatic rings. The van der Waals surface area contributed by atoms with Gasteiger partial charge in [0.05, 0.1) is 18.9 Å². The van der Waals surface area contributed by atoms with E-state index < -0.39 is 11.9 Å². The molecule has 0 spiro atoms. The van der Waals surface area contributed by atoms with Crippen molar-refractivity contribution < 1.29 is 17.9 Å². The average Bonchev–Trinajstić information content (AvgIpc) is 3.09. The maximum absolute atomic E-state index is 13.1. The molecule has 9 heteroatoms. The van der Waals surface area contributed by atoms with Gasteiger partial charge in [-0.05, 0) is 57.6 Å². The van der Waals surface area contributed by atoms with E-state index in [9.17, 15) is 13.2 Å². The molecule has 0 N–H and O–H groups in total. The summed E-state index contributed by atoms with van der Waals surface area (Å²) in [5.41, 5.74) is 0.887. The molecule has 31 heavy (non-hydrogen) atoms. The van der Waals surface area contributed by atoms with E-state index in [4.69, 9.17) is 4.74 Å². The van der Waals surface area contributed by atoms with Gasteiger partial charge < -0.3 is 4.74 Å². The molecule has 1 saturated heterocycles. The molecule has 0 radical (unpaired) electrons. The second kappa shape index (κ2) is 7.55. The minimum absolute atomic E-state index is 0.129. The van der Waals surface area contributed by atoms with E-state index >= 15 is 0 Å². The summed E-state index contributed by atoms with van der Waals surface area (Å²) >= 11 is 0. The fraction of sp³-hybridized carbons (Fsp3) is 0.682. The summed E-state index contributed by atoms with van der Waals surface area (Å²) in [6.45, 7) is 8.95. The first-order chi connectivity index (χ1) is 14.7. The van der Waals surface area contributed by atoms with Crippen molar-refractivity contribution in [3.8, 4) is 11.4 Å². The summed E-state index contributed by atoms with van der Waals surface area (Å²) in [5.74, 6) is 1.68. The summed E-state index contributed by atoms with van der Waals surface area (Å²) < 4.78 is 46.8. The van der Waals surface area contributed by atoms with Crippen LogP contribution in [-0.4, -0.2) is 56.5 Å². The molecule has 3 fully saturated rings. The average molecular weight is 435 g/mol. The number of ether oxygens (including phenoxy) is 1. The molecule has 0 unspecified atom stereocenters. The van der Waals surface area contributed by atoms with Crippen LogP contribution in [0.4, 0.5) is 13.2 Å². The Morgan fingerprint density at radius 2 is 1.84 bits per heavy atom. The monoisotopic (exact) mass is 435 g/mol. The third kappa shape index (κ3) is 3.75. The number of aromatic nitrogens is 4. The van der Waals surface area contributed by atoms with E-state index in [1.807, 2.05) is 10.7 Å². The van der Waals surface area contributed by atoms with Gasteiger partial charge in [0.2, 0.25) is 0 Å². The van der Waals surface area contributed by atoms with Gasteiger partial charge in [-0.3, -0.25) is 9.58 Å². The fourth-order valence-corrected chi connectivity index (χ4v) is 5.65. The summed E-state index contributed by atoms with van der Waals surface area (Å²) in [6.07, 6.45) is -1.19. The zero-order valence-corrected chi connectivity index (χ0v) is 18.0. The van der Waals surface area contributed by atoms with E-state index in [1.54, 1.807) is 0 Å². The zero-order valence-electron chi connectivity index (χ0n) is 18.0. The van der Waals surface area contributed by atoms with Crippen molar-refractivity contribution in [1.82, 2.24) is 24.6 Å². The van der Waals surface area contributed by atoms with Gasteiger partial charge in [0, 0.05) is 36.3 Å². The predicted molar refractivity (Wildman–Crippen MR) is 108 cm³/mol. The van der Waals surface area contributed by atoms with Crippen LogP contribution in [0.5, 0.6) is 0 Å². The Labute approximate surface area is 179 Å². The van der Waals surface area contributed by atoms with Crippen LogP contribution in [0.1, 0.15) is 57.0 Å². The third-order valence-electron chi connectivity index (χ3n) is 7.12. The number of hydrogen-bond donors (Lipinski definition) is 0. The van der Waals surface area contributed by atoms with Crippen molar-refractivity contribution in [1.29, 1.82) is 0 Å². The Kier molecular flexibility index (Phi) is 5.08. The lowest BCUT2D eigenvalue weighted by Crippen LogP contribution is -2.49. The third-order valence-corrected chi connectivity index (χ3v) is 7.12. The van der Waals surface area contributed by atoms with E-state index in [1.165, 1.54) is 12.8 Å². The van der Waals surface area contributed by atoms with Crippen LogP contribution in [0.2, 0.25) is 0 Å². The zero-order chi connectivity index (χ0) is 21.9. The second-order valence-corrected chi connectivity index (χ2v) is 9.42. The van der Waals surface area contributed by atoms with Crippen LogP contribution in [0, 0.1) is 11.8 Å². The van der Waals surface area contributed by atoms with Crippen LogP contribution in [-0.2, 0) is 10.9 Å². The normalized spacial score (nSPS) is 29.5. The van der Waals surface area contributed by atoms with Crippen molar-refractivity contribution in [2.45, 2.75) is 63.8 Å². The van der Waals surface area contributed by atoms with Gasteiger partial charge in [-0.15, -0.1) is 0 Å². The molecular formula is C22H28F3N5O. The Morgan fingerprint density at radius 1 is 1.10 bits per heavy atom. The molecule has 2 aromatic heterocycles. The fourth-order valence-electron chi connectivity index (χ4n) is 5.65. The SMILES string of the molecule is CC(C)n1nc(-c2cc(C(F)(F)F)ncn2)cc1C1[C@@H]2CC(N3CCOC[C@H]3C)C[C@@H]12. The Morgan fingerprint density at radius 3 is 2.48 bits per heavy atom. The molecule has 2 saturated carbocycles. The van der Waals surface area contributed by atoms with Gasteiger partial charge in [0.15, 0.2) is 0 Å². The van der Waals surface area contributed by atoms with E-state index in [0.717, 1.165) is 37.8 Å². The number of halogens is 3. The number of rotatable bonds is 4. The van der Waals surface area contributed by atoms with Gasteiger partial charge in [-0.1, -0.05) is 0 Å². The number of nitrogens with zero attached hydrogens (tertiary/aromatic N) is 5. The van der Waals surface area contributed by atoms with Gasteiger partial charge in [0.25, 0.3) is 0 Å². The molecular weight excluding hydrogens is 407 g/mol. The first-order valence-electron chi connectivity index (χ1n) is 11.1. The molecule has 5 rings (SSSR count). The van der Waals surface area contributed by atoms with Crippen molar-refractivity contribution in [3.05, 3.63) is 29.8 Å². The van der Waals surface area contributed by atoms with Crippen LogP contribution in [0.25, 0.3) is 11.4 Å². The molecule has 6 nitrogen and oxygen atoms in total. The maximum Gasteiger partial charge on any atom is 0.433 e. The molecule has 0 bridgehead atoms. The minimum Gasteiger partial charge on any atom is -0.379 e. The van der Waals surface area contributed by atoms with Gasteiger partial charge >= 0.3 is 6.18 Å². The Bertz CT molecular complexity index is 947. The minimum atomic E-state index is -4.50. The molecule has 2 aromatic rings. The van der Waals surface area contributed by atoms with Crippen molar-refractivity contribution >= 4 is 0 Å². The van der Waals surface area contributed by atoms with Crippen LogP contribution in [0.15, 0.2) is 18.5 Å². The molecule has 3 atom stereocenters. The van der Waals surface area contributed by atoms with Crippen molar-refractivity contribution in [2.24, 2.45) is 11.8 Å². The first kappa shape index (κ1) is 20.9. The van der Waals surface area contributed by atoms with Gasteiger partial charge in [-0.2, -0.15) is 18.3 Å². The number of hydrogen-bond acceptors (Lipinski definition) is 5. The molecule has 168 valence electrons. The highest BCUT2D eigenvalue weighted by Crippen LogP contribution is 2.64. The molecule has 2 aliphatic carbocycles. The smallest absolute Gasteiger partial charge is 0.379 e. The highest BCUT2D eigenvalue weighted by molar-refractivity contribution is 5.55. The highest BCUT2D eigenvalue weighted by atomic mass is 19.4. The van der Waals surface area contributed by atoms with Crippen LogP contribution in [0.3, 0.4) is 0 Å². The summed E-state index contributed by atoms with van der Waals surface area (Å²) in [4.78, 5) is 10.0. The predicted octanol–water partition coefficient (Wildman–Crippen LogP) is 4.15. The topological polar surface area (TPSA) is 56.1 Å². The van der Waals surface area contributed by atoms with E-state index in [0.29, 0.717) is 35.5 Å². The van der Waals surface area contributed by atoms with E-state index in [2.05, 4.69) is 40.7 Å². The molecule has 0 amide bonds. The van der Waals surface area contributed by atoms with Gasteiger partial charge in [-0.25, -0.2) is 9.97 Å². The summed E-state index contributed by atoms with van der Waals surface area (Å²) in [7, 11) is 0. The van der Waals surface area contributed by atoms with Crippen LogP contribution < -0.4 is 0 Å². The number of fused-ring (bicyclic) bond motifs is 1. The number of morpholine rings is 1. The maximum atomic E-state index is 13.1. The second-order valence-electron chi connectivity index (χ2n) is 9.42. The van der Waals surface area contributed by atoms with Gasteiger partial charge in [0.1, 0.15) is 17.7 Å². The number of alkyl halides is 3. The standard InChI is InChI=1S/C22H28F3N5O/c1-12(2)30-19(8-18(28-30)17-9-20(22(23,24)25)27-11-26-17)21-15-6-14(7-16(15)21)29-4-5-31-10-13(29)3/h8-9,11-16,21H,4-7,10H2,1-3H3/t13-,14?,15-,16-,21?/m1/s1. The Balaban J connectivity index is 1.37.